The molecule has 0 aliphatic heterocycles. The molecule has 0 saturated carbocycles. The van der Waals surface area contributed by atoms with Crippen molar-refractivity contribution < 1.29 is 4.52 Å². The molecule has 2 heteroatoms. The molecule has 1 aromatic rings. The summed E-state index contributed by atoms with van der Waals surface area (Å²) in [5.41, 5.74) is 1.02. The van der Waals surface area contributed by atoms with Crippen LogP contribution in [-0.4, -0.2) is 5.16 Å². The fourth-order valence-corrected chi connectivity index (χ4v) is 0.520. The molecule has 0 aromatic carbocycles. The second kappa shape index (κ2) is 1.99. The Morgan fingerprint density at radius 1 is 1.62 bits per heavy atom. The van der Waals surface area contributed by atoms with Gasteiger partial charge in [-0.15, -0.1) is 0 Å². The van der Waals surface area contributed by atoms with Crippen molar-refractivity contribution in [2.75, 3.05) is 0 Å². The fraction of sp³-hybridized carbons (Fsp3) is 0.500. The van der Waals surface area contributed by atoms with Gasteiger partial charge in [-0.05, 0) is 5.92 Å². The molecule has 0 amide bonds. The molecule has 0 spiro atoms. The first-order valence-electron chi connectivity index (χ1n) is 2.71. The topological polar surface area (TPSA) is 26.0 Å². The Morgan fingerprint density at radius 3 is 2.62 bits per heavy atom. The molecule has 0 saturated heterocycles. The summed E-state index contributed by atoms with van der Waals surface area (Å²) in [4.78, 5) is 0. The fourth-order valence-electron chi connectivity index (χ4n) is 0.520. The van der Waals surface area contributed by atoms with Gasteiger partial charge >= 0.3 is 0 Å². The molecule has 1 aromatic heterocycles. The van der Waals surface area contributed by atoms with Crippen LogP contribution >= 0.6 is 0 Å². The quantitative estimate of drug-likeness (QED) is 0.552. The minimum atomic E-state index is 0.480. The summed E-state index contributed by atoms with van der Waals surface area (Å²) in [7, 11) is 0. The van der Waals surface area contributed by atoms with Crippen LogP contribution in [-0.2, 0) is 0 Å². The average molecular weight is 111 g/mol. The first-order valence-corrected chi connectivity index (χ1v) is 2.71. The smallest absolute Gasteiger partial charge is 0.124 e. The van der Waals surface area contributed by atoms with Gasteiger partial charge in [-0.2, -0.15) is 0 Å². The van der Waals surface area contributed by atoms with Gasteiger partial charge in [-0.25, -0.2) is 0 Å². The predicted octanol–water partition coefficient (Wildman–Crippen LogP) is 1.80. The number of nitrogens with zero attached hydrogens (tertiary/aromatic N) is 1. The van der Waals surface area contributed by atoms with Crippen LogP contribution in [0.15, 0.2) is 16.9 Å². The van der Waals surface area contributed by atoms with Crippen molar-refractivity contribution in [2.24, 2.45) is 0 Å². The minimum Gasteiger partial charge on any atom is -0.365 e. The van der Waals surface area contributed by atoms with Crippen molar-refractivity contribution >= 4 is 0 Å². The van der Waals surface area contributed by atoms with E-state index in [1.165, 1.54) is 0 Å². The minimum absolute atomic E-state index is 0.480. The molecule has 1 heterocycles. The maximum atomic E-state index is 4.63. The van der Waals surface area contributed by atoms with Gasteiger partial charge in [0.2, 0.25) is 0 Å². The van der Waals surface area contributed by atoms with E-state index in [1.54, 1.807) is 6.26 Å². The lowest BCUT2D eigenvalue weighted by Crippen LogP contribution is -1.83. The van der Waals surface area contributed by atoms with Crippen LogP contribution in [0, 0.1) is 0 Å². The van der Waals surface area contributed by atoms with Gasteiger partial charge in [0.1, 0.15) is 6.26 Å². The third kappa shape index (κ3) is 0.886. The molecule has 0 aliphatic carbocycles. The third-order valence-electron chi connectivity index (χ3n) is 1.05. The molecule has 0 aliphatic rings. The van der Waals surface area contributed by atoms with Crippen LogP contribution in [0.1, 0.15) is 25.5 Å². The Kier molecular flexibility index (Phi) is 1.33. The Bertz CT molecular complexity index is 144. The normalized spacial score (nSPS) is 10.4. The number of aromatic nitrogens is 1. The van der Waals surface area contributed by atoms with Crippen LogP contribution in [0.5, 0.6) is 0 Å². The van der Waals surface area contributed by atoms with Crippen LogP contribution in [0.3, 0.4) is 0 Å². The molecule has 0 unspecified atom stereocenters. The number of rotatable bonds is 1. The summed E-state index contributed by atoms with van der Waals surface area (Å²) in [6, 6.07) is 1.88. The molecule has 2 nitrogen and oxygen atoms in total. The lowest BCUT2D eigenvalue weighted by Gasteiger charge is -1.92. The summed E-state index contributed by atoms with van der Waals surface area (Å²) in [6.45, 7) is 4.16. The first kappa shape index (κ1) is 5.35. The molecular formula is C6H9NO. The van der Waals surface area contributed by atoms with Gasteiger partial charge in [0.15, 0.2) is 0 Å². The van der Waals surface area contributed by atoms with Gasteiger partial charge < -0.3 is 4.52 Å². The molecule has 8 heavy (non-hydrogen) atoms. The van der Waals surface area contributed by atoms with E-state index in [-0.39, 0.29) is 0 Å². The second-order valence-electron chi connectivity index (χ2n) is 2.08. The van der Waals surface area contributed by atoms with Crippen LogP contribution in [0.2, 0.25) is 0 Å². The van der Waals surface area contributed by atoms with Crippen LogP contribution in [0.4, 0.5) is 0 Å². The van der Waals surface area contributed by atoms with E-state index in [0.29, 0.717) is 5.92 Å². The van der Waals surface area contributed by atoms with Gasteiger partial charge in [-0.3, -0.25) is 0 Å². The highest BCUT2D eigenvalue weighted by atomic mass is 16.5. The highest BCUT2D eigenvalue weighted by Gasteiger charge is 1.98. The van der Waals surface area contributed by atoms with E-state index in [0.717, 1.165) is 5.69 Å². The van der Waals surface area contributed by atoms with E-state index < -0.39 is 0 Å². The van der Waals surface area contributed by atoms with E-state index in [2.05, 4.69) is 23.5 Å². The highest BCUT2D eigenvalue weighted by Crippen LogP contribution is 2.09. The first-order chi connectivity index (χ1) is 3.80. The number of hydrogen-bond acceptors (Lipinski definition) is 2. The van der Waals surface area contributed by atoms with E-state index in [1.807, 2.05) is 6.07 Å². The SMILES string of the molecule is CC(C)c1ccon1. The van der Waals surface area contributed by atoms with Crippen LogP contribution < -0.4 is 0 Å². The zero-order valence-corrected chi connectivity index (χ0v) is 5.09. The monoisotopic (exact) mass is 111 g/mol. The summed E-state index contributed by atoms with van der Waals surface area (Å²) >= 11 is 0. The van der Waals surface area contributed by atoms with Gasteiger partial charge in [0, 0.05) is 6.07 Å². The lowest BCUT2D eigenvalue weighted by atomic mass is 10.1. The van der Waals surface area contributed by atoms with Gasteiger partial charge in [0.05, 0.1) is 5.69 Å². The van der Waals surface area contributed by atoms with Crippen molar-refractivity contribution in [3.05, 3.63) is 18.0 Å². The van der Waals surface area contributed by atoms with E-state index in [9.17, 15) is 0 Å². The van der Waals surface area contributed by atoms with Crippen molar-refractivity contribution in [1.29, 1.82) is 0 Å². The summed E-state index contributed by atoms with van der Waals surface area (Å²) in [6.07, 6.45) is 1.59. The van der Waals surface area contributed by atoms with Crippen molar-refractivity contribution in [2.45, 2.75) is 19.8 Å². The molecular weight excluding hydrogens is 102 g/mol. The summed E-state index contributed by atoms with van der Waals surface area (Å²) in [5.74, 6) is 0.480. The van der Waals surface area contributed by atoms with Gasteiger partial charge in [0.25, 0.3) is 0 Å². The largest absolute Gasteiger partial charge is 0.365 e. The van der Waals surface area contributed by atoms with Gasteiger partial charge in [-0.1, -0.05) is 19.0 Å². The molecule has 0 radical (unpaired) electrons. The van der Waals surface area contributed by atoms with Crippen molar-refractivity contribution in [1.82, 2.24) is 5.16 Å². The molecule has 0 atom stereocenters. The second-order valence-corrected chi connectivity index (χ2v) is 2.08. The zero-order chi connectivity index (χ0) is 5.98. The van der Waals surface area contributed by atoms with E-state index in [4.69, 9.17) is 0 Å². The average Bonchev–Trinajstić information content (AvgIpc) is 2.12. The van der Waals surface area contributed by atoms with Crippen LogP contribution in [0.25, 0.3) is 0 Å². The molecule has 0 fully saturated rings. The maximum Gasteiger partial charge on any atom is 0.124 e. The Morgan fingerprint density at radius 2 is 2.38 bits per heavy atom. The Hall–Kier alpha value is -0.790. The number of hydrogen-bond donors (Lipinski definition) is 0. The van der Waals surface area contributed by atoms with E-state index >= 15 is 0 Å². The van der Waals surface area contributed by atoms with Crippen molar-refractivity contribution in [3.63, 3.8) is 0 Å². The molecule has 0 N–H and O–H groups in total. The molecule has 0 bridgehead atoms. The Labute approximate surface area is 48.5 Å². The Balaban J connectivity index is 2.77. The maximum absolute atomic E-state index is 4.63. The molecule has 1 rings (SSSR count). The summed E-state index contributed by atoms with van der Waals surface area (Å²) < 4.78 is 4.63. The predicted molar refractivity (Wildman–Crippen MR) is 30.6 cm³/mol. The third-order valence-corrected chi connectivity index (χ3v) is 1.05. The standard InChI is InChI=1S/C6H9NO/c1-5(2)6-3-4-8-7-6/h3-5H,1-2H3. The molecule has 44 valence electrons. The van der Waals surface area contributed by atoms with Crippen molar-refractivity contribution in [3.8, 4) is 0 Å². The summed E-state index contributed by atoms with van der Waals surface area (Å²) in [5, 5.41) is 3.74. The zero-order valence-electron chi connectivity index (χ0n) is 5.09. The lowest BCUT2D eigenvalue weighted by molar-refractivity contribution is 0.408. The highest BCUT2D eigenvalue weighted by molar-refractivity contribution is 4.99.